The first kappa shape index (κ1) is 11.3. The Morgan fingerprint density at radius 2 is 1.65 bits per heavy atom. The Hall–Kier alpha value is -2.55. The molecule has 3 heteroatoms. The summed E-state index contributed by atoms with van der Waals surface area (Å²) in [4.78, 5) is 4.62. The van der Waals surface area contributed by atoms with Gasteiger partial charge in [0.2, 0.25) is 5.88 Å². The molecule has 0 bridgehead atoms. The molecule has 3 nitrogen and oxygen atoms in total. The van der Waals surface area contributed by atoms with Crippen molar-refractivity contribution in [3.8, 4) is 5.88 Å². The molecule has 0 aliphatic carbocycles. The van der Waals surface area contributed by atoms with Crippen LogP contribution in [0, 0.1) is 0 Å². The van der Waals surface area contributed by atoms with Crippen molar-refractivity contribution in [1.29, 1.82) is 0 Å². The number of imidazole rings is 1. The molecule has 2 aromatic heterocycles. The van der Waals surface area contributed by atoms with E-state index in [2.05, 4.69) is 51.8 Å². The lowest BCUT2D eigenvalue weighted by atomic mass is 10.1. The summed E-state index contributed by atoms with van der Waals surface area (Å²) in [6.07, 6.45) is 1.97. The SMILES string of the molecule is CCOc1cn2c3ccccc3c3ccccc3c2n1. The molecule has 4 rings (SSSR count). The maximum atomic E-state index is 5.56. The lowest BCUT2D eigenvalue weighted by Crippen LogP contribution is -1.90. The van der Waals surface area contributed by atoms with Gasteiger partial charge in [0.1, 0.15) is 5.65 Å². The van der Waals surface area contributed by atoms with Gasteiger partial charge in [-0.25, -0.2) is 0 Å². The Labute approximate surface area is 116 Å². The number of pyridine rings is 1. The number of hydrogen-bond acceptors (Lipinski definition) is 2. The average Bonchev–Trinajstić information content (AvgIpc) is 2.92. The molecular weight excluding hydrogens is 248 g/mol. The van der Waals surface area contributed by atoms with Crippen molar-refractivity contribution in [2.24, 2.45) is 0 Å². The Morgan fingerprint density at radius 1 is 0.950 bits per heavy atom. The van der Waals surface area contributed by atoms with Crippen LogP contribution in [0.4, 0.5) is 0 Å². The van der Waals surface area contributed by atoms with E-state index in [0.717, 1.165) is 16.6 Å². The minimum Gasteiger partial charge on any atom is -0.477 e. The first-order valence-corrected chi connectivity index (χ1v) is 6.80. The van der Waals surface area contributed by atoms with Crippen LogP contribution in [0.25, 0.3) is 27.3 Å². The first-order chi connectivity index (χ1) is 9.88. The molecule has 0 saturated carbocycles. The van der Waals surface area contributed by atoms with Gasteiger partial charge in [-0.15, -0.1) is 0 Å². The van der Waals surface area contributed by atoms with Gasteiger partial charge in [0.25, 0.3) is 0 Å². The smallest absolute Gasteiger partial charge is 0.232 e. The second-order valence-corrected chi connectivity index (χ2v) is 4.77. The van der Waals surface area contributed by atoms with E-state index in [-0.39, 0.29) is 0 Å². The zero-order valence-corrected chi connectivity index (χ0v) is 11.2. The number of ether oxygens (including phenoxy) is 1. The van der Waals surface area contributed by atoms with Gasteiger partial charge in [-0.05, 0) is 18.4 Å². The molecule has 0 aliphatic rings. The molecule has 4 aromatic rings. The van der Waals surface area contributed by atoms with Gasteiger partial charge in [0.15, 0.2) is 0 Å². The standard InChI is InChI=1S/C17H14N2O/c1-2-20-16-11-19-15-10-6-5-8-13(15)12-7-3-4-9-14(12)17(19)18-16/h3-11H,2H2,1H3. The van der Waals surface area contributed by atoms with Crippen LogP contribution in [0.2, 0.25) is 0 Å². The van der Waals surface area contributed by atoms with Crippen LogP contribution in [0.3, 0.4) is 0 Å². The predicted octanol–water partition coefficient (Wildman–Crippen LogP) is 4.04. The van der Waals surface area contributed by atoms with Crippen molar-refractivity contribution in [1.82, 2.24) is 9.38 Å². The summed E-state index contributed by atoms with van der Waals surface area (Å²) in [6.45, 7) is 2.60. The largest absolute Gasteiger partial charge is 0.477 e. The van der Waals surface area contributed by atoms with E-state index in [0.29, 0.717) is 12.5 Å². The van der Waals surface area contributed by atoms with E-state index in [1.807, 2.05) is 19.2 Å². The van der Waals surface area contributed by atoms with E-state index < -0.39 is 0 Å². The summed E-state index contributed by atoms with van der Waals surface area (Å²) in [7, 11) is 0. The highest BCUT2D eigenvalue weighted by Gasteiger charge is 2.11. The summed E-state index contributed by atoms with van der Waals surface area (Å²) < 4.78 is 7.67. The summed E-state index contributed by atoms with van der Waals surface area (Å²) in [5.74, 6) is 0.675. The van der Waals surface area contributed by atoms with Crippen LogP contribution in [0.15, 0.2) is 54.7 Å². The molecule has 2 heterocycles. The highest BCUT2D eigenvalue weighted by Crippen LogP contribution is 2.30. The second kappa shape index (κ2) is 4.23. The summed E-state index contributed by atoms with van der Waals surface area (Å²) in [5, 5.41) is 3.61. The summed E-state index contributed by atoms with van der Waals surface area (Å²) in [6, 6.07) is 16.8. The van der Waals surface area contributed by atoms with Crippen LogP contribution in [-0.2, 0) is 0 Å². The van der Waals surface area contributed by atoms with E-state index in [1.165, 1.54) is 10.8 Å². The molecule has 0 N–H and O–H groups in total. The highest BCUT2D eigenvalue weighted by molar-refractivity contribution is 6.11. The zero-order valence-electron chi connectivity index (χ0n) is 11.2. The molecule has 0 unspecified atom stereocenters. The third-order valence-corrected chi connectivity index (χ3v) is 3.60. The summed E-state index contributed by atoms with van der Waals surface area (Å²) in [5.41, 5.74) is 2.10. The molecular formula is C17H14N2O. The maximum Gasteiger partial charge on any atom is 0.232 e. The van der Waals surface area contributed by atoms with Gasteiger partial charge in [0, 0.05) is 10.8 Å². The van der Waals surface area contributed by atoms with Gasteiger partial charge in [0.05, 0.1) is 18.3 Å². The molecule has 2 aromatic carbocycles. The van der Waals surface area contributed by atoms with Crippen molar-refractivity contribution in [2.45, 2.75) is 6.92 Å². The lowest BCUT2D eigenvalue weighted by molar-refractivity contribution is 0.329. The third kappa shape index (κ3) is 1.50. The van der Waals surface area contributed by atoms with Crippen LogP contribution in [0.5, 0.6) is 5.88 Å². The Bertz CT molecular complexity index is 851. The summed E-state index contributed by atoms with van der Waals surface area (Å²) >= 11 is 0. The van der Waals surface area contributed by atoms with E-state index >= 15 is 0 Å². The van der Waals surface area contributed by atoms with E-state index in [9.17, 15) is 0 Å². The van der Waals surface area contributed by atoms with Crippen molar-refractivity contribution < 1.29 is 4.74 Å². The average molecular weight is 262 g/mol. The minimum absolute atomic E-state index is 0.625. The minimum atomic E-state index is 0.625. The Kier molecular flexibility index (Phi) is 2.39. The fraction of sp³-hybridized carbons (Fsp3) is 0.118. The van der Waals surface area contributed by atoms with Crippen molar-refractivity contribution >= 4 is 27.3 Å². The molecule has 20 heavy (non-hydrogen) atoms. The van der Waals surface area contributed by atoms with Crippen molar-refractivity contribution in [2.75, 3.05) is 6.61 Å². The molecule has 0 amide bonds. The predicted molar refractivity (Wildman–Crippen MR) is 81.4 cm³/mol. The van der Waals surface area contributed by atoms with Gasteiger partial charge in [-0.2, -0.15) is 4.98 Å². The van der Waals surface area contributed by atoms with Gasteiger partial charge in [-0.1, -0.05) is 42.5 Å². The van der Waals surface area contributed by atoms with Crippen LogP contribution >= 0.6 is 0 Å². The van der Waals surface area contributed by atoms with Crippen molar-refractivity contribution in [3.63, 3.8) is 0 Å². The van der Waals surface area contributed by atoms with Gasteiger partial charge >= 0.3 is 0 Å². The number of aromatic nitrogens is 2. The number of fused-ring (bicyclic) bond motifs is 6. The monoisotopic (exact) mass is 262 g/mol. The van der Waals surface area contributed by atoms with Gasteiger partial charge in [-0.3, -0.25) is 4.40 Å². The number of benzene rings is 2. The first-order valence-electron chi connectivity index (χ1n) is 6.80. The molecule has 0 spiro atoms. The fourth-order valence-electron chi connectivity index (χ4n) is 2.77. The molecule has 0 fully saturated rings. The molecule has 98 valence electrons. The van der Waals surface area contributed by atoms with Gasteiger partial charge < -0.3 is 4.74 Å². The quantitative estimate of drug-likeness (QED) is 0.510. The zero-order chi connectivity index (χ0) is 13.5. The molecule has 0 radical (unpaired) electrons. The molecule has 0 atom stereocenters. The Morgan fingerprint density at radius 3 is 2.45 bits per heavy atom. The normalized spacial score (nSPS) is 11.4. The van der Waals surface area contributed by atoms with Crippen LogP contribution in [0.1, 0.15) is 6.92 Å². The maximum absolute atomic E-state index is 5.56. The fourth-order valence-corrected chi connectivity index (χ4v) is 2.77. The third-order valence-electron chi connectivity index (χ3n) is 3.60. The molecule has 0 aliphatic heterocycles. The van der Waals surface area contributed by atoms with Crippen LogP contribution in [-0.4, -0.2) is 16.0 Å². The number of nitrogens with zero attached hydrogens (tertiary/aromatic N) is 2. The topological polar surface area (TPSA) is 26.5 Å². The number of rotatable bonds is 2. The van der Waals surface area contributed by atoms with Crippen molar-refractivity contribution in [3.05, 3.63) is 54.7 Å². The number of para-hydroxylation sites is 1. The highest BCUT2D eigenvalue weighted by atomic mass is 16.5. The van der Waals surface area contributed by atoms with Crippen LogP contribution < -0.4 is 4.74 Å². The lowest BCUT2D eigenvalue weighted by Gasteiger charge is -2.06. The Balaban J connectivity index is 2.25. The number of hydrogen-bond donors (Lipinski definition) is 0. The van der Waals surface area contributed by atoms with E-state index in [1.54, 1.807) is 0 Å². The second-order valence-electron chi connectivity index (χ2n) is 4.77. The van der Waals surface area contributed by atoms with E-state index in [4.69, 9.17) is 4.74 Å². The molecule has 0 saturated heterocycles.